The van der Waals surface area contributed by atoms with Crippen LogP contribution in [0.25, 0.3) is 0 Å². The molecule has 5 nitrogen and oxygen atoms in total. The van der Waals surface area contributed by atoms with E-state index in [0.717, 1.165) is 0 Å². The largest absolute Gasteiger partial charge is 0.350 e. The number of anilines is 1. The van der Waals surface area contributed by atoms with Gasteiger partial charge in [-0.25, -0.2) is 14.4 Å². The first-order valence-electron chi connectivity index (χ1n) is 7.48. The summed E-state index contributed by atoms with van der Waals surface area (Å²) in [5.41, 5.74) is 0.658. The average molecular weight is 316 g/mol. The summed E-state index contributed by atoms with van der Waals surface area (Å²) in [6.07, 6.45) is 1.96. The van der Waals surface area contributed by atoms with Gasteiger partial charge in [-0.15, -0.1) is 0 Å². The van der Waals surface area contributed by atoms with Crippen LogP contribution in [0, 0.1) is 5.82 Å². The van der Waals surface area contributed by atoms with Crippen LogP contribution in [0.15, 0.2) is 36.5 Å². The molecule has 2 rings (SSSR count). The molecular formula is C17H21FN4O. The quantitative estimate of drug-likeness (QED) is 0.890. The lowest BCUT2D eigenvalue weighted by Crippen LogP contribution is -2.29. The van der Waals surface area contributed by atoms with Gasteiger partial charge in [0.1, 0.15) is 11.5 Å². The number of benzene rings is 1. The lowest BCUT2D eigenvalue weighted by Gasteiger charge is -2.20. The molecule has 1 amide bonds. The number of amides is 1. The zero-order chi connectivity index (χ0) is 16.9. The van der Waals surface area contributed by atoms with Crippen molar-refractivity contribution in [1.29, 1.82) is 0 Å². The van der Waals surface area contributed by atoms with Gasteiger partial charge in [0, 0.05) is 18.3 Å². The minimum absolute atomic E-state index is 0.195. The predicted octanol–water partition coefficient (Wildman–Crippen LogP) is 2.80. The van der Waals surface area contributed by atoms with E-state index in [-0.39, 0.29) is 23.0 Å². The molecule has 0 saturated heterocycles. The number of rotatable bonds is 5. The normalized spacial score (nSPS) is 11.1. The molecule has 0 aliphatic heterocycles. The predicted molar refractivity (Wildman–Crippen MR) is 87.8 cm³/mol. The van der Waals surface area contributed by atoms with Crippen molar-refractivity contribution < 1.29 is 9.18 Å². The zero-order valence-electron chi connectivity index (χ0n) is 13.6. The topological polar surface area (TPSA) is 66.9 Å². The van der Waals surface area contributed by atoms with Gasteiger partial charge in [0.15, 0.2) is 0 Å². The summed E-state index contributed by atoms with van der Waals surface area (Å²) in [7, 11) is 0. The van der Waals surface area contributed by atoms with Crippen molar-refractivity contribution in [3.63, 3.8) is 0 Å². The summed E-state index contributed by atoms with van der Waals surface area (Å²) in [6, 6.07) is 8.08. The Kier molecular flexibility index (Phi) is 5.26. The van der Waals surface area contributed by atoms with E-state index in [0.29, 0.717) is 24.5 Å². The van der Waals surface area contributed by atoms with Crippen LogP contribution in [0.3, 0.4) is 0 Å². The van der Waals surface area contributed by atoms with Gasteiger partial charge >= 0.3 is 0 Å². The number of halogens is 1. The molecule has 6 heteroatoms. The maximum absolute atomic E-state index is 13.5. The highest BCUT2D eigenvalue weighted by Gasteiger charge is 2.13. The fraction of sp³-hybridized carbons (Fsp3) is 0.353. The lowest BCUT2D eigenvalue weighted by atomic mass is 10.1. The fourth-order valence-corrected chi connectivity index (χ4v) is 1.98. The number of aromatic nitrogens is 2. The molecule has 23 heavy (non-hydrogen) atoms. The summed E-state index contributed by atoms with van der Waals surface area (Å²) in [5.74, 6) is -0.166. The maximum atomic E-state index is 13.5. The number of carbonyl (C=O) groups is 1. The van der Waals surface area contributed by atoms with Gasteiger partial charge in [-0.1, -0.05) is 18.2 Å². The molecule has 0 spiro atoms. The zero-order valence-corrected chi connectivity index (χ0v) is 13.6. The molecule has 0 saturated carbocycles. The molecule has 0 atom stereocenters. The van der Waals surface area contributed by atoms with Gasteiger partial charge in [0.05, 0.1) is 0 Å². The van der Waals surface area contributed by atoms with E-state index in [2.05, 4.69) is 20.6 Å². The lowest BCUT2D eigenvalue weighted by molar-refractivity contribution is 0.0949. The Balaban J connectivity index is 1.93. The van der Waals surface area contributed by atoms with E-state index >= 15 is 0 Å². The van der Waals surface area contributed by atoms with Gasteiger partial charge in [0.2, 0.25) is 5.95 Å². The molecule has 0 aliphatic carbocycles. The maximum Gasteiger partial charge on any atom is 0.270 e. The molecule has 1 heterocycles. The van der Waals surface area contributed by atoms with Gasteiger partial charge in [-0.3, -0.25) is 4.79 Å². The van der Waals surface area contributed by atoms with E-state index in [9.17, 15) is 9.18 Å². The number of carbonyl (C=O) groups excluding carboxylic acids is 1. The molecule has 0 aliphatic rings. The molecule has 0 bridgehead atoms. The highest BCUT2D eigenvalue weighted by atomic mass is 19.1. The number of nitrogens with zero attached hydrogens (tertiary/aromatic N) is 2. The molecule has 1 aromatic carbocycles. The Bertz CT molecular complexity index is 682. The van der Waals surface area contributed by atoms with E-state index in [1.54, 1.807) is 24.3 Å². The highest BCUT2D eigenvalue weighted by molar-refractivity contribution is 5.92. The van der Waals surface area contributed by atoms with E-state index in [4.69, 9.17) is 0 Å². The third-order valence-corrected chi connectivity index (χ3v) is 3.01. The van der Waals surface area contributed by atoms with Crippen molar-refractivity contribution in [3.05, 3.63) is 53.6 Å². The molecule has 0 radical (unpaired) electrons. The van der Waals surface area contributed by atoms with Crippen molar-refractivity contribution in [2.45, 2.75) is 32.7 Å². The summed E-state index contributed by atoms with van der Waals surface area (Å²) in [4.78, 5) is 20.4. The smallest absolute Gasteiger partial charge is 0.270 e. The minimum atomic E-state index is -0.305. The van der Waals surface area contributed by atoms with E-state index in [1.807, 2.05) is 20.8 Å². The molecule has 0 fully saturated rings. The molecule has 1 aromatic heterocycles. The summed E-state index contributed by atoms with van der Waals surface area (Å²) in [6.45, 7) is 6.29. The fourth-order valence-electron chi connectivity index (χ4n) is 1.98. The summed E-state index contributed by atoms with van der Waals surface area (Å²) in [5, 5.41) is 5.86. The van der Waals surface area contributed by atoms with Crippen LogP contribution in [-0.4, -0.2) is 28.0 Å². The van der Waals surface area contributed by atoms with Crippen LogP contribution < -0.4 is 10.6 Å². The van der Waals surface area contributed by atoms with Crippen molar-refractivity contribution in [2.75, 3.05) is 11.9 Å². The Morgan fingerprint density at radius 1 is 1.22 bits per heavy atom. The van der Waals surface area contributed by atoms with E-state index in [1.165, 1.54) is 12.3 Å². The first-order chi connectivity index (χ1) is 10.8. The van der Waals surface area contributed by atoms with Crippen molar-refractivity contribution in [2.24, 2.45) is 0 Å². The third kappa shape index (κ3) is 5.32. The highest BCUT2D eigenvalue weighted by Crippen LogP contribution is 2.10. The number of hydrogen-bond donors (Lipinski definition) is 2. The SMILES string of the molecule is CC(C)(C)Nc1nccc(C(=O)NCCc2ccccc2F)n1. The molecule has 0 unspecified atom stereocenters. The summed E-state index contributed by atoms with van der Waals surface area (Å²) >= 11 is 0. The first kappa shape index (κ1) is 16.9. The Labute approximate surface area is 135 Å². The van der Waals surface area contributed by atoms with Crippen molar-refractivity contribution in [3.8, 4) is 0 Å². The van der Waals surface area contributed by atoms with Gasteiger partial charge in [-0.2, -0.15) is 0 Å². The monoisotopic (exact) mass is 316 g/mol. The van der Waals surface area contributed by atoms with E-state index < -0.39 is 0 Å². The van der Waals surface area contributed by atoms with Crippen LogP contribution >= 0.6 is 0 Å². The van der Waals surface area contributed by atoms with Gasteiger partial charge in [0.25, 0.3) is 5.91 Å². The third-order valence-electron chi connectivity index (χ3n) is 3.01. The average Bonchev–Trinajstić information content (AvgIpc) is 2.47. The van der Waals surface area contributed by atoms with Gasteiger partial charge < -0.3 is 10.6 Å². The second-order valence-electron chi connectivity index (χ2n) is 6.24. The Morgan fingerprint density at radius 2 is 1.96 bits per heavy atom. The van der Waals surface area contributed by atoms with Crippen molar-refractivity contribution >= 4 is 11.9 Å². The number of nitrogens with one attached hydrogen (secondary N) is 2. The van der Waals surface area contributed by atoms with Crippen LogP contribution in [0.4, 0.5) is 10.3 Å². The van der Waals surface area contributed by atoms with Crippen LogP contribution in [0.5, 0.6) is 0 Å². The van der Waals surface area contributed by atoms with Crippen LogP contribution in [0.1, 0.15) is 36.8 Å². The standard InChI is InChI=1S/C17H21FN4O/c1-17(2,3)22-16-20-11-9-14(21-16)15(23)19-10-8-12-6-4-5-7-13(12)18/h4-7,9,11H,8,10H2,1-3H3,(H,19,23)(H,20,21,22). The second kappa shape index (κ2) is 7.17. The van der Waals surface area contributed by atoms with Crippen LogP contribution in [-0.2, 0) is 6.42 Å². The van der Waals surface area contributed by atoms with Gasteiger partial charge in [-0.05, 0) is 44.9 Å². The molecule has 2 N–H and O–H groups in total. The molecule has 122 valence electrons. The second-order valence-corrected chi connectivity index (χ2v) is 6.24. The van der Waals surface area contributed by atoms with Crippen LogP contribution in [0.2, 0.25) is 0 Å². The minimum Gasteiger partial charge on any atom is -0.350 e. The first-order valence-corrected chi connectivity index (χ1v) is 7.48. The Morgan fingerprint density at radius 3 is 2.65 bits per heavy atom. The van der Waals surface area contributed by atoms with Crippen molar-refractivity contribution in [1.82, 2.24) is 15.3 Å². The Hall–Kier alpha value is -2.50. The molecular weight excluding hydrogens is 295 g/mol. The molecule has 2 aromatic rings. The summed E-state index contributed by atoms with van der Waals surface area (Å²) < 4.78 is 13.5. The number of hydrogen-bond acceptors (Lipinski definition) is 4.